The van der Waals surface area contributed by atoms with Gasteiger partial charge in [-0.2, -0.15) is 0 Å². The highest BCUT2D eigenvalue weighted by molar-refractivity contribution is 5.33. The molecule has 17 heavy (non-hydrogen) atoms. The fourth-order valence-electron chi connectivity index (χ4n) is 1.84. The highest BCUT2D eigenvalue weighted by Gasteiger charge is 1.93. The van der Waals surface area contributed by atoms with Gasteiger partial charge in [-0.25, -0.2) is 9.79 Å². The zero-order chi connectivity index (χ0) is 12.2. The van der Waals surface area contributed by atoms with E-state index in [-0.39, 0.29) is 0 Å². The Bertz CT molecular complexity index is 328. The van der Waals surface area contributed by atoms with Crippen molar-refractivity contribution in [2.75, 3.05) is 0 Å². The number of hydrogen-bond acceptors (Lipinski definition) is 2. The second-order valence-corrected chi connectivity index (χ2v) is 4.20. The minimum absolute atomic E-state index is 0.897. The summed E-state index contributed by atoms with van der Waals surface area (Å²) in [6, 6.07) is 10.6. The molecule has 0 fully saturated rings. The van der Waals surface area contributed by atoms with E-state index in [2.05, 4.69) is 35.3 Å². The van der Waals surface area contributed by atoms with Crippen LogP contribution in [0.1, 0.15) is 44.1 Å². The van der Waals surface area contributed by atoms with Crippen LogP contribution in [-0.4, -0.2) is 6.08 Å². The Morgan fingerprint density at radius 2 is 1.71 bits per heavy atom. The monoisotopic (exact) mass is 230 g/mol. The summed E-state index contributed by atoms with van der Waals surface area (Å²) in [5, 5.41) is 0. The standard InChI is InChI=1S/C15H20NO/c17-14-16-13-9-4-2-1-3-6-10-15-11-7-5-8-12-15/h5,7-8,11-13H,1-4,6,9-10H2. The molecular weight excluding hydrogens is 210 g/mol. The zero-order valence-corrected chi connectivity index (χ0v) is 10.3. The number of nitrogens with zero attached hydrogens (tertiary/aromatic N) is 1. The number of carbonyl (C=O) groups excluding carboxylic acids is 1. The summed E-state index contributed by atoms with van der Waals surface area (Å²) in [5.41, 5.74) is 1.43. The highest BCUT2D eigenvalue weighted by atomic mass is 16.1. The van der Waals surface area contributed by atoms with E-state index in [9.17, 15) is 4.79 Å². The third-order valence-electron chi connectivity index (χ3n) is 2.79. The summed E-state index contributed by atoms with van der Waals surface area (Å²) >= 11 is 0. The molecule has 0 atom stereocenters. The van der Waals surface area contributed by atoms with Crippen molar-refractivity contribution in [2.24, 2.45) is 4.99 Å². The van der Waals surface area contributed by atoms with Crippen molar-refractivity contribution in [1.82, 2.24) is 0 Å². The first-order valence-corrected chi connectivity index (χ1v) is 6.36. The van der Waals surface area contributed by atoms with Gasteiger partial charge in [0, 0.05) is 0 Å². The first-order chi connectivity index (χ1) is 8.43. The number of hydrogen-bond donors (Lipinski definition) is 0. The number of benzene rings is 1. The molecule has 0 N–H and O–H groups in total. The first-order valence-electron chi connectivity index (χ1n) is 6.36. The van der Waals surface area contributed by atoms with Crippen LogP contribution in [-0.2, 0) is 11.2 Å². The van der Waals surface area contributed by atoms with Crippen LogP contribution < -0.4 is 0 Å². The Hall–Kier alpha value is -1.40. The van der Waals surface area contributed by atoms with Crippen LogP contribution in [0.5, 0.6) is 0 Å². The van der Waals surface area contributed by atoms with E-state index in [1.54, 1.807) is 6.54 Å². The lowest BCUT2D eigenvalue weighted by atomic mass is 10.1. The van der Waals surface area contributed by atoms with Gasteiger partial charge in [-0.05, 0) is 24.8 Å². The lowest BCUT2D eigenvalue weighted by Crippen LogP contribution is -1.85. The van der Waals surface area contributed by atoms with Crippen LogP contribution in [0.2, 0.25) is 0 Å². The van der Waals surface area contributed by atoms with E-state index in [0.29, 0.717) is 0 Å². The summed E-state index contributed by atoms with van der Waals surface area (Å²) in [7, 11) is 0. The molecule has 0 heterocycles. The van der Waals surface area contributed by atoms with E-state index in [4.69, 9.17) is 0 Å². The van der Waals surface area contributed by atoms with Crippen molar-refractivity contribution in [2.45, 2.75) is 44.9 Å². The van der Waals surface area contributed by atoms with Crippen LogP contribution in [0.15, 0.2) is 35.3 Å². The number of aliphatic imine (C=N–C) groups is 1. The summed E-state index contributed by atoms with van der Waals surface area (Å²) in [5.74, 6) is 0. The third-order valence-corrected chi connectivity index (χ3v) is 2.79. The summed E-state index contributed by atoms with van der Waals surface area (Å²) < 4.78 is 0. The molecule has 1 rings (SSSR count). The molecule has 1 radical (unpaired) electrons. The zero-order valence-electron chi connectivity index (χ0n) is 10.3. The number of isocyanates is 1. The highest BCUT2D eigenvalue weighted by Crippen LogP contribution is 2.10. The summed E-state index contributed by atoms with van der Waals surface area (Å²) in [6.45, 7) is 1.65. The number of aryl methyl sites for hydroxylation is 1. The van der Waals surface area contributed by atoms with Gasteiger partial charge in [0.1, 0.15) is 0 Å². The SMILES string of the molecule is O=C=N[CH]CCCCCCCc1ccccc1. The molecule has 91 valence electrons. The van der Waals surface area contributed by atoms with E-state index in [1.165, 1.54) is 43.7 Å². The maximum atomic E-state index is 9.79. The van der Waals surface area contributed by atoms with E-state index in [0.717, 1.165) is 12.8 Å². The fraction of sp³-hybridized carbons (Fsp3) is 0.467. The molecule has 2 nitrogen and oxygen atoms in total. The molecule has 0 saturated heterocycles. The second-order valence-electron chi connectivity index (χ2n) is 4.20. The molecule has 0 bridgehead atoms. The smallest absolute Gasteiger partial charge is 0.211 e. The Kier molecular flexibility index (Phi) is 7.88. The molecule has 0 saturated carbocycles. The van der Waals surface area contributed by atoms with Crippen molar-refractivity contribution >= 4 is 6.08 Å². The van der Waals surface area contributed by atoms with Crippen molar-refractivity contribution in [3.05, 3.63) is 42.4 Å². The van der Waals surface area contributed by atoms with Crippen molar-refractivity contribution in [3.8, 4) is 0 Å². The van der Waals surface area contributed by atoms with Crippen molar-refractivity contribution in [1.29, 1.82) is 0 Å². The van der Waals surface area contributed by atoms with Crippen LogP contribution in [0.4, 0.5) is 0 Å². The largest absolute Gasteiger partial charge is 0.235 e. The topological polar surface area (TPSA) is 29.4 Å². The lowest BCUT2D eigenvalue weighted by Gasteiger charge is -2.01. The van der Waals surface area contributed by atoms with Gasteiger partial charge >= 0.3 is 0 Å². The third kappa shape index (κ3) is 7.48. The Labute approximate surface area is 104 Å². The van der Waals surface area contributed by atoms with Gasteiger partial charge in [0.05, 0.1) is 6.54 Å². The molecule has 2 heteroatoms. The normalized spacial score (nSPS) is 9.88. The van der Waals surface area contributed by atoms with Gasteiger partial charge in [0.25, 0.3) is 0 Å². The van der Waals surface area contributed by atoms with E-state index in [1.807, 2.05) is 0 Å². The molecule has 0 unspecified atom stereocenters. The predicted molar refractivity (Wildman–Crippen MR) is 70.3 cm³/mol. The molecule has 0 spiro atoms. The van der Waals surface area contributed by atoms with E-state index >= 15 is 0 Å². The fourth-order valence-corrected chi connectivity index (χ4v) is 1.84. The minimum Gasteiger partial charge on any atom is -0.211 e. The number of unbranched alkanes of at least 4 members (excludes halogenated alkanes) is 5. The van der Waals surface area contributed by atoms with Crippen LogP contribution in [0, 0.1) is 6.54 Å². The van der Waals surface area contributed by atoms with Crippen LogP contribution in [0.25, 0.3) is 0 Å². The average Bonchev–Trinajstić information content (AvgIpc) is 2.38. The molecule has 0 aliphatic rings. The first kappa shape index (κ1) is 13.7. The lowest BCUT2D eigenvalue weighted by molar-refractivity contribution is 0.563. The van der Waals surface area contributed by atoms with Crippen LogP contribution in [0.3, 0.4) is 0 Å². The van der Waals surface area contributed by atoms with Gasteiger partial charge in [0.2, 0.25) is 6.08 Å². The average molecular weight is 230 g/mol. The molecule has 1 aromatic carbocycles. The van der Waals surface area contributed by atoms with E-state index < -0.39 is 0 Å². The van der Waals surface area contributed by atoms with Gasteiger partial charge in [-0.15, -0.1) is 0 Å². The van der Waals surface area contributed by atoms with Crippen molar-refractivity contribution in [3.63, 3.8) is 0 Å². The molecule has 0 amide bonds. The Morgan fingerprint density at radius 3 is 2.47 bits per heavy atom. The van der Waals surface area contributed by atoms with Gasteiger partial charge in [-0.3, -0.25) is 0 Å². The molecule has 0 aliphatic heterocycles. The molecule has 0 aromatic heterocycles. The number of rotatable bonds is 9. The molecular formula is C15H20NO. The molecule has 1 aromatic rings. The minimum atomic E-state index is 0.897. The summed E-state index contributed by atoms with van der Waals surface area (Å²) in [6.07, 6.45) is 9.76. The van der Waals surface area contributed by atoms with Crippen molar-refractivity contribution < 1.29 is 4.79 Å². The molecule has 0 aliphatic carbocycles. The maximum absolute atomic E-state index is 9.79. The Morgan fingerprint density at radius 1 is 1.00 bits per heavy atom. The van der Waals surface area contributed by atoms with Crippen LogP contribution >= 0.6 is 0 Å². The Balaban J connectivity index is 1.89. The predicted octanol–water partition coefficient (Wildman–Crippen LogP) is 4.07. The summed E-state index contributed by atoms with van der Waals surface area (Å²) in [4.78, 5) is 13.2. The van der Waals surface area contributed by atoms with Gasteiger partial charge in [0.15, 0.2) is 0 Å². The quantitative estimate of drug-likeness (QED) is 0.357. The maximum Gasteiger partial charge on any atom is 0.235 e. The van der Waals surface area contributed by atoms with Gasteiger partial charge < -0.3 is 0 Å². The van der Waals surface area contributed by atoms with Gasteiger partial charge in [-0.1, -0.05) is 56.0 Å². The second kappa shape index (κ2) is 9.80.